The van der Waals surface area contributed by atoms with Gasteiger partial charge < -0.3 is 10.6 Å². The lowest BCUT2D eigenvalue weighted by molar-refractivity contribution is -0.117. The van der Waals surface area contributed by atoms with Crippen molar-refractivity contribution in [2.45, 2.75) is 24.2 Å². The summed E-state index contributed by atoms with van der Waals surface area (Å²) in [7, 11) is -3.80. The minimum atomic E-state index is -3.80. The summed E-state index contributed by atoms with van der Waals surface area (Å²) in [6.45, 7) is 1.77. The number of hydrogen-bond acceptors (Lipinski definition) is 4. The first kappa shape index (κ1) is 15.6. The zero-order valence-corrected chi connectivity index (χ0v) is 14.1. The average Bonchev–Trinajstić information content (AvgIpc) is 3.06. The summed E-state index contributed by atoms with van der Waals surface area (Å²) in [4.78, 5) is 23.2. The van der Waals surface area contributed by atoms with Gasteiger partial charge in [-0.2, -0.15) is 0 Å². The number of carbonyl (C=O) groups is 2. The first-order valence-corrected chi connectivity index (χ1v) is 9.22. The minimum absolute atomic E-state index is 0.0884. The van der Waals surface area contributed by atoms with E-state index in [4.69, 9.17) is 0 Å². The SMILES string of the molecule is CC1C(=O)Nc2ccc(NS(=O)(=O)c3ccc4c(c3)CC(=O)N4)cc21. The number of sulfonamides is 1. The highest BCUT2D eigenvalue weighted by Gasteiger charge is 2.27. The van der Waals surface area contributed by atoms with E-state index in [9.17, 15) is 18.0 Å². The van der Waals surface area contributed by atoms with Gasteiger partial charge in [-0.15, -0.1) is 0 Å². The van der Waals surface area contributed by atoms with Gasteiger partial charge >= 0.3 is 0 Å². The van der Waals surface area contributed by atoms with Crippen LogP contribution in [0.2, 0.25) is 0 Å². The fraction of sp³-hybridized carbons (Fsp3) is 0.176. The summed E-state index contributed by atoms with van der Waals surface area (Å²) in [6, 6.07) is 9.48. The molecule has 0 aromatic heterocycles. The molecule has 8 heteroatoms. The molecule has 2 aromatic rings. The maximum absolute atomic E-state index is 12.6. The molecule has 25 heavy (non-hydrogen) atoms. The van der Waals surface area contributed by atoms with E-state index in [0.717, 1.165) is 5.56 Å². The van der Waals surface area contributed by atoms with Gasteiger partial charge in [-0.05, 0) is 54.4 Å². The third kappa shape index (κ3) is 2.64. The summed E-state index contributed by atoms with van der Waals surface area (Å²) in [5.41, 5.74) is 3.14. The molecule has 0 radical (unpaired) electrons. The first-order chi connectivity index (χ1) is 11.8. The van der Waals surface area contributed by atoms with Crippen LogP contribution in [0, 0.1) is 0 Å². The number of anilines is 3. The van der Waals surface area contributed by atoms with E-state index in [0.29, 0.717) is 22.6 Å². The normalized spacial score (nSPS) is 18.4. The summed E-state index contributed by atoms with van der Waals surface area (Å²) in [5.74, 6) is -0.579. The van der Waals surface area contributed by atoms with Crippen LogP contribution in [0.15, 0.2) is 41.3 Å². The highest BCUT2D eigenvalue weighted by molar-refractivity contribution is 7.92. The van der Waals surface area contributed by atoms with Crippen LogP contribution in [0.3, 0.4) is 0 Å². The third-order valence-corrected chi connectivity index (χ3v) is 5.81. The third-order valence-electron chi connectivity index (χ3n) is 4.43. The Hall–Kier alpha value is -2.87. The van der Waals surface area contributed by atoms with Crippen LogP contribution in [0.4, 0.5) is 17.1 Å². The Kier molecular flexibility index (Phi) is 3.33. The van der Waals surface area contributed by atoms with Crippen LogP contribution in [-0.4, -0.2) is 20.2 Å². The summed E-state index contributed by atoms with van der Waals surface area (Å²) < 4.78 is 27.8. The number of fused-ring (bicyclic) bond motifs is 2. The smallest absolute Gasteiger partial charge is 0.261 e. The summed E-state index contributed by atoms with van der Waals surface area (Å²) in [5, 5.41) is 5.42. The van der Waals surface area contributed by atoms with Gasteiger partial charge in [0.2, 0.25) is 11.8 Å². The van der Waals surface area contributed by atoms with E-state index in [1.165, 1.54) is 12.1 Å². The largest absolute Gasteiger partial charge is 0.326 e. The van der Waals surface area contributed by atoms with Crippen molar-refractivity contribution >= 4 is 38.9 Å². The van der Waals surface area contributed by atoms with Crippen molar-refractivity contribution in [2.24, 2.45) is 0 Å². The van der Waals surface area contributed by atoms with Crippen molar-refractivity contribution in [3.05, 3.63) is 47.5 Å². The first-order valence-electron chi connectivity index (χ1n) is 7.74. The molecule has 1 atom stereocenters. The Morgan fingerprint density at radius 3 is 2.60 bits per heavy atom. The number of benzene rings is 2. The van der Waals surface area contributed by atoms with Crippen LogP contribution >= 0.6 is 0 Å². The highest BCUT2D eigenvalue weighted by Crippen LogP contribution is 2.34. The van der Waals surface area contributed by atoms with Crippen LogP contribution in [0.5, 0.6) is 0 Å². The van der Waals surface area contributed by atoms with E-state index in [-0.39, 0.29) is 29.0 Å². The Bertz CT molecular complexity index is 1030. The summed E-state index contributed by atoms with van der Waals surface area (Å²) >= 11 is 0. The predicted molar refractivity (Wildman–Crippen MR) is 93.1 cm³/mol. The van der Waals surface area contributed by atoms with E-state index in [1.54, 1.807) is 31.2 Å². The van der Waals surface area contributed by atoms with Crippen molar-refractivity contribution in [3.8, 4) is 0 Å². The standard InChI is InChI=1S/C17H15N3O4S/c1-9-13-8-11(2-4-15(13)19-17(9)22)20-25(23,24)12-3-5-14-10(6-12)7-16(21)18-14/h2-6,8-9,20H,7H2,1H3,(H,18,21)(H,19,22). The van der Waals surface area contributed by atoms with Crippen molar-refractivity contribution < 1.29 is 18.0 Å². The maximum atomic E-state index is 12.6. The van der Waals surface area contributed by atoms with Crippen molar-refractivity contribution in [1.29, 1.82) is 0 Å². The molecule has 0 fully saturated rings. The number of hydrogen-bond donors (Lipinski definition) is 3. The molecule has 2 aliphatic rings. The molecule has 0 bridgehead atoms. The van der Waals surface area contributed by atoms with Gasteiger partial charge in [-0.1, -0.05) is 0 Å². The Morgan fingerprint density at radius 1 is 1.04 bits per heavy atom. The molecular formula is C17H15N3O4S. The van der Waals surface area contributed by atoms with Gasteiger partial charge in [0.15, 0.2) is 0 Å². The Morgan fingerprint density at radius 2 is 1.80 bits per heavy atom. The molecule has 0 spiro atoms. The second kappa shape index (κ2) is 5.32. The highest BCUT2D eigenvalue weighted by atomic mass is 32.2. The van der Waals surface area contributed by atoms with Gasteiger partial charge in [-0.25, -0.2) is 8.42 Å². The lowest BCUT2D eigenvalue weighted by Crippen LogP contribution is -2.13. The Balaban J connectivity index is 1.64. The van der Waals surface area contributed by atoms with Crippen LogP contribution < -0.4 is 15.4 Å². The molecule has 4 rings (SSSR count). The molecular weight excluding hydrogens is 342 g/mol. The molecule has 2 aliphatic heterocycles. The molecule has 3 N–H and O–H groups in total. The number of amides is 2. The minimum Gasteiger partial charge on any atom is -0.326 e. The molecule has 2 heterocycles. The zero-order valence-electron chi connectivity index (χ0n) is 13.3. The molecule has 2 aromatic carbocycles. The lowest BCUT2D eigenvalue weighted by atomic mass is 10.0. The molecule has 1 unspecified atom stereocenters. The van der Waals surface area contributed by atoms with E-state index >= 15 is 0 Å². The second-order valence-corrected chi connectivity index (χ2v) is 7.84. The van der Waals surface area contributed by atoms with E-state index < -0.39 is 10.0 Å². The Labute approximate surface area is 144 Å². The van der Waals surface area contributed by atoms with Crippen molar-refractivity contribution in [3.63, 3.8) is 0 Å². The molecule has 0 aliphatic carbocycles. The average molecular weight is 357 g/mol. The molecule has 128 valence electrons. The number of nitrogens with one attached hydrogen (secondary N) is 3. The van der Waals surface area contributed by atoms with Crippen LogP contribution in [0.25, 0.3) is 0 Å². The van der Waals surface area contributed by atoms with E-state index in [2.05, 4.69) is 15.4 Å². The van der Waals surface area contributed by atoms with Gasteiger partial charge in [0.1, 0.15) is 0 Å². The zero-order chi connectivity index (χ0) is 17.8. The van der Waals surface area contributed by atoms with Gasteiger partial charge in [0.25, 0.3) is 10.0 Å². The molecule has 7 nitrogen and oxygen atoms in total. The predicted octanol–water partition coefficient (Wildman–Crippen LogP) is 2.04. The van der Waals surface area contributed by atoms with Gasteiger partial charge in [-0.3, -0.25) is 14.3 Å². The van der Waals surface area contributed by atoms with Crippen LogP contribution in [0.1, 0.15) is 24.0 Å². The summed E-state index contributed by atoms with van der Waals surface area (Å²) in [6.07, 6.45) is 0.169. The molecule has 2 amide bonds. The van der Waals surface area contributed by atoms with Gasteiger partial charge in [0.05, 0.1) is 17.2 Å². The topological polar surface area (TPSA) is 104 Å². The van der Waals surface area contributed by atoms with Crippen molar-refractivity contribution in [2.75, 3.05) is 15.4 Å². The fourth-order valence-electron chi connectivity index (χ4n) is 3.07. The van der Waals surface area contributed by atoms with Crippen LogP contribution in [-0.2, 0) is 26.0 Å². The van der Waals surface area contributed by atoms with E-state index in [1.807, 2.05) is 0 Å². The quantitative estimate of drug-likeness (QED) is 0.782. The lowest BCUT2D eigenvalue weighted by Gasteiger charge is -2.11. The number of rotatable bonds is 3. The second-order valence-electron chi connectivity index (χ2n) is 6.16. The maximum Gasteiger partial charge on any atom is 0.261 e. The monoisotopic (exact) mass is 357 g/mol. The van der Waals surface area contributed by atoms with Gasteiger partial charge in [0, 0.05) is 17.1 Å². The molecule has 0 saturated heterocycles. The van der Waals surface area contributed by atoms with Crippen molar-refractivity contribution in [1.82, 2.24) is 0 Å². The number of carbonyl (C=O) groups excluding carboxylic acids is 2. The molecule has 0 saturated carbocycles. The fourth-order valence-corrected chi connectivity index (χ4v) is 4.17.